The van der Waals surface area contributed by atoms with Crippen LogP contribution in [0.2, 0.25) is 0 Å². The zero-order chi connectivity index (χ0) is 15.5. The Balaban J connectivity index is 2.29. The summed E-state index contributed by atoms with van der Waals surface area (Å²) in [5.41, 5.74) is 2.51. The monoisotopic (exact) mass is 324 g/mol. The molecule has 0 saturated heterocycles. The summed E-state index contributed by atoms with van der Waals surface area (Å²) in [7, 11) is -2.01. The van der Waals surface area contributed by atoms with E-state index in [1.54, 1.807) is 43.6 Å². The molecule has 0 amide bonds. The quantitative estimate of drug-likeness (QED) is 0.794. The van der Waals surface area contributed by atoms with Crippen LogP contribution in [0, 0.1) is 6.92 Å². The molecule has 1 heterocycles. The molecule has 0 bridgehead atoms. The molecule has 1 aromatic heterocycles. The van der Waals surface area contributed by atoms with Gasteiger partial charge in [-0.1, -0.05) is 12.1 Å². The van der Waals surface area contributed by atoms with E-state index in [2.05, 4.69) is 4.98 Å². The number of nitrogens with zero attached hydrogens (tertiary/aromatic N) is 2. The Bertz CT molecular complexity index is 718. The average Bonchev–Trinajstić information content (AvgIpc) is 2.48. The van der Waals surface area contributed by atoms with Crippen LogP contribution in [0.25, 0.3) is 0 Å². The van der Waals surface area contributed by atoms with Gasteiger partial charge in [0, 0.05) is 19.1 Å². The van der Waals surface area contributed by atoms with Crippen LogP contribution in [0.3, 0.4) is 0 Å². The van der Waals surface area contributed by atoms with Crippen molar-refractivity contribution in [3.63, 3.8) is 0 Å². The van der Waals surface area contributed by atoms with Gasteiger partial charge in [0.1, 0.15) is 0 Å². The van der Waals surface area contributed by atoms with E-state index in [1.165, 1.54) is 4.31 Å². The summed E-state index contributed by atoms with van der Waals surface area (Å²) in [6.07, 6.45) is 1.65. The summed E-state index contributed by atoms with van der Waals surface area (Å²) < 4.78 is 26.4. The third kappa shape index (κ3) is 3.61. The Morgan fingerprint density at radius 1 is 1.24 bits per heavy atom. The van der Waals surface area contributed by atoms with Gasteiger partial charge in [0.25, 0.3) is 0 Å². The molecule has 2 rings (SSSR count). The van der Waals surface area contributed by atoms with Gasteiger partial charge in [-0.25, -0.2) is 8.42 Å². The van der Waals surface area contributed by atoms with Crippen molar-refractivity contribution in [2.75, 3.05) is 7.05 Å². The van der Waals surface area contributed by atoms with Gasteiger partial charge >= 0.3 is 0 Å². The molecule has 0 aliphatic carbocycles. The van der Waals surface area contributed by atoms with E-state index < -0.39 is 10.0 Å². The first-order chi connectivity index (χ1) is 9.95. The van der Waals surface area contributed by atoms with Crippen LogP contribution < -0.4 is 0 Å². The molecule has 0 spiro atoms. The average molecular weight is 325 g/mol. The van der Waals surface area contributed by atoms with Crippen LogP contribution in [-0.4, -0.2) is 24.8 Å². The SMILES string of the molecule is Cc1ccc(S(=O)(=O)N(C)Cc2ccccn2)cc1CCl. The first kappa shape index (κ1) is 15.9. The van der Waals surface area contributed by atoms with Crippen molar-refractivity contribution in [3.05, 3.63) is 59.4 Å². The minimum Gasteiger partial charge on any atom is -0.260 e. The summed E-state index contributed by atoms with van der Waals surface area (Å²) in [4.78, 5) is 4.40. The number of alkyl halides is 1. The fourth-order valence-electron chi connectivity index (χ4n) is 1.94. The topological polar surface area (TPSA) is 50.3 Å². The highest BCUT2D eigenvalue weighted by molar-refractivity contribution is 7.89. The molecule has 21 heavy (non-hydrogen) atoms. The maximum absolute atomic E-state index is 12.6. The maximum atomic E-state index is 12.6. The summed E-state index contributed by atoms with van der Waals surface area (Å²) in [5, 5.41) is 0. The number of halogens is 1. The lowest BCUT2D eigenvalue weighted by atomic mass is 10.1. The summed E-state index contributed by atoms with van der Waals surface area (Å²) in [5.74, 6) is 0.291. The van der Waals surface area contributed by atoms with Gasteiger partial charge in [-0.3, -0.25) is 4.98 Å². The van der Waals surface area contributed by atoms with Crippen molar-refractivity contribution in [1.82, 2.24) is 9.29 Å². The van der Waals surface area contributed by atoms with Crippen molar-refractivity contribution >= 4 is 21.6 Å². The predicted octanol–water partition coefficient (Wildman–Crippen LogP) is 2.95. The number of pyridine rings is 1. The minimum absolute atomic E-state index is 0.229. The highest BCUT2D eigenvalue weighted by Gasteiger charge is 2.21. The van der Waals surface area contributed by atoms with Gasteiger partial charge in [-0.2, -0.15) is 4.31 Å². The third-order valence-corrected chi connectivity index (χ3v) is 5.37. The van der Waals surface area contributed by atoms with E-state index in [-0.39, 0.29) is 11.4 Å². The maximum Gasteiger partial charge on any atom is 0.243 e. The zero-order valence-electron chi connectivity index (χ0n) is 12.0. The van der Waals surface area contributed by atoms with E-state index in [1.807, 2.05) is 13.0 Å². The van der Waals surface area contributed by atoms with Gasteiger partial charge < -0.3 is 0 Å². The lowest BCUT2D eigenvalue weighted by Crippen LogP contribution is -2.27. The van der Waals surface area contributed by atoms with Crippen LogP contribution in [0.4, 0.5) is 0 Å². The van der Waals surface area contributed by atoms with E-state index in [0.717, 1.165) is 11.1 Å². The second kappa shape index (κ2) is 6.56. The van der Waals surface area contributed by atoms with Crippen molar-refractivity contribution in [3.8, 4) is 0 Å². The Morgan fingerprint density at radius 2 is 2.00 bits per heavy atom. The lowest BCUT2D eigenvalue weighted by molar-refractivity contribution is 0.462. The molecule has 2 aromatic rings. The number of aromatic nitrogens is 1. The zero-order valence-corrected chi connectivity index (χ0v) is 13.5. The molecule has 0 N–H and O–H groups in total. The predicted molar refractivity (Wildman–Crippen MR) is 83.6 cm³/mol. The van der Waals surface area contributed by atoms with E-state index >= 15 is 0 Å². The van der Waals surface area contributed by atoms with Gasteiger partial charge in [-0.15, -0.1) is 11.6 Å². The lowest BCUT2D eigenvalue weighted by Gasteiger charge is -2.17. The van der Waals surface area contributed by atoms with E-state index in [9.17, 15) is 8.42 Å². The van der Waals surface area contributed by atoms with Gasteiger partial charge in [-0.05, 0) is 42.3 Å². The molecule has 4 nitrogen and oxygen atoms in total. The number of rotatable bonds is 5. The van der Waals surface area contributed by atoms with Crippen LogP contribution in [0.15, 0.2) is 47.5 Å². The molecule has 0 aliphatic heterocycles. The Kier molecular flexibility index (Phi) is 4.98. The van der Waals surface area contributed by atoms with Crippen LogP contribution in [0.1, 0.15) is 16.8 Å². The molecular weight excluding hydrogens is 308 g/mol. The molecule has 0 saturated carbocycles. The number of hydrogen-bond donors (Lipinski definition) is 0. The standard InChI is InChI=1S/C15H17ClN2O2S/c1-12-6-7-15(9-13(12)10-16)21(19,20)18(2)11-14-5-3-4-8-17-14/h3-9H,10-11H2,1-2H3. The molecule has 6 heteroatoms. The molecule has 0 radical (unpaired) electrons. The minimum atomic E-state index is -3.55. The Hall–Kier alpha value is -1.43. The number of aryl methyl sites for hydroxylation is 1. The second-order valence-electron chi connectivity index (χ2n) is 4.80. The Labute approximate surface area is 130 Å². The summed E-state index contributed by atoms with van der Waals surface area (Å²) >= 11 is 5.85. The largest absolute Gasteiger partial charge is 0.260 e. The van der Waals surface area contributed by atoms with Crippen LogP contribution in [-0.2, 0) is 22.4 Å². The molecule has 112 valence electrons. The smallest absolute Gasteiger partial charge is 0.243 e. The molecule has 0 fully saturated rings. The molecule has 0 unspecified atom stereocenters. The molecule has 1 aromatic carbocycles. The third-order valence-electron chi connectivity index (χ3n) is 3.28. The summed E-state index contributed by atoms with van der Waals surface area (Å²) in [6.45, 7) is 2.14. The fourth-order valence-corrected chi connectivity index (χ4v) is 3.42. The van der Waals surface area contributed by atoms with E-state index in [4.69, 9.17) is 11.6 Å². The number of sulfonamides is 1. The molecule has 0 aliphatic rings. The molecule has 0 atom stereocenters. The number of benzene rings is 1. The fraction of sp³-hybridized carbons (Fsp3) is 0.267. The summed E-state index contributed by atoms with van der Waals surface area (Å²) in [6, 6.07) is 10.4. The van der Waals surface area contributed by atoms with Crippen LogP contribution >= 0.6 is 11.6 Å². The van der Waals surface area contributed by atoms with Crippen molar-refractivity contribution in [2.24, 2.45) is 0 Å². The highest BCUT2D eigenvalue weighted by atomic mass is 35.5. The van der Waals surface area contributed by atoms with Gasteiger partial charge in [0.05, 0.1) is 17.1 Å². The van der Waals surface area contributed by atoms with Crippen molar-refractivity contribution < 1.29 is 8.42 Å². The second-order valence-corrected chi connectivity index (χ2v) is 7.12. The van der Waals surface area contributed by atoms with Crippen molar-refractivity contribution in [1.29, 1.82) is 0 Å². The normalized spacial score (nSPS) is 11.8. The van der Waals surface area contributed by atoms with Crippen LogP contribution in [0.5, 0.6) is 0 Å². The first-order valence-electron chi connectivity index (χ1n) is 6.47. The number of hydrogen-bond acceptors (Lipinski definition) is 3. The van der Waals surface area contributed by atoms with E-state index in [0.29, 0.717) is 11.6 Å². The first-order valence-corrected chi connectivity index (χ1v) is 8.44. The van der Waals surface area contributed by atoms with Gasteiger partial charge in [0.15, 0.2) is 0 Å². The van der Waals surface area contributed by atoms with Gasteiger partial charge in [0.2, 0.25) is 10.0 Å². The molecular formula is C15H17ClN2O2S. The Morgan fingerprint density at radius 3 is 2.62 bits per heavy atom. The highest BCUT2D eigenvalue weighted by Crippen LogP contribution is 2.21. The van der Waals surface area contributed by atoms with Crippen molar-refractivity contribution in [2.45, 2.75) is 24.2 Å².